The normalized spacial score (nSPS) is 19.8. The quantitative estimate of drug-likeness (QED) is 0.589. The van der Waals surface area contributed by atoms with Crippen molar-refractivity contribution in [2.75, 3.05) is 44.1 Å². The number of nitriles is 1. The van der Waals surface area contributed by atoms with Crippen LogP contribution in [0.3, 0.4) is 0 Å². The Hall–Kier alpha value is -4.07. The second kappa shape index (κ2) is 10.0. The molecule has 2 aromatic rings. The van der Waals surface area contributed by atoms with E-state index in [1.807, 2.05) is 11.0 Å². The molecule has 2 aliphatic heterocycles. The molecule has 2 aliphatic rings. The standard InChI is InChI=1S/C24H27N5O6/c1-4-35-23(32)13-7-9-29(10-8-13)24-27-20-19(22(31)28-24)18(16(12-25)21(30)26-20)15-11-14(33-2)5-6-17(15)34-3/h5-6,11,13,16,18H,4,7-10H2,1-3H3,(H2,26,27,28,30,31). The average molecular weight is 482 g/mol. The number of esters is 1. The lowest BCUT2D eigenvalue weighted by Crippen LogP contribution is -2.41. The number of anilines is 2. The molecule has 0 saturated carbocycles. The molecule has 1 saturated heterocycles. The highest BCUT2D eigenvalue weighted by Gasteiger charge is 2.42. The van der Waals surface area contributed by atoms with Crippen LogP contribution >= 0.6 is 0 Å². The molecule has 1 amide bonds. The largest absolute Gasteiger partial charge is 0.497 e. The van der Waals surface area contributed by atoms with Crippen molar-refractivity contribution in [3.63, 3.8) is 0 Å². The number of aromatic amines is 1. The molecule has 35 heavy (non-hydrogen) atoms. The van der Waals surface area contributed by atoms with Gasteiger partial charge in [0.25, 0.3) is 5.56 Å². The molecule has 1 fully saturated rings. The van der Waals surface area contributed by atoms with Gasteiger partial charge in [-0.15, -0.1) is 0 Å². The topological polar surface area (TPSA) is 147 Å². The lowest BCUT2D eigenvalue weighted by Gasteiger charge is -2.33. The van der Waals surface area contributed by atoms with Crippen LogP contribution < -0.4 is 25.2 Å². The van der Waals surface area contributed by atoms with Crippen molar-refractivity contribution in [2.24, 2.45) is 11.8 Å². The highest BCUT2D eigenvalue weighted by atomic mass is 16.5. The van der Waals surface area contributed by atoms with Gasteiger partial charge in [-0.3, -0.25) is 19.4 Å². The number of H-pyrrole nitrogens is 1. The number of carbonyl (C=O) groups excluding carboxylic acids is 2. The summed E-state index contributed by atoms with van der Waals surface area (Å²) in [5.41, 5.74) is 0.185. The van der Waals surface area contributed by atoms with E-state index in [9.17, 15) is 19.6 Å². The second-order valence-corrected chi connectivity index (χ2v) is 8.35. The zero-order valence-electron chi connectivity index (χ0n) is 19.8. The number of hydrogen-bond acceptors (Lipinski definition) is 9. The number of amides is 1. The van der Waals surface area contributed by atoms with Crippen LogP contribution in [0.1, 0.15) is 36.8 Å². The summed E-state index contributed by atoms with van der Waals surface area (Å²) in [4.78, 5) is 47.5. The van der Waals surface area contributed by atoms with Crippen LogP contribution in [0.5, 0.6) is 11.5 Å². The van der Waals surface area contributed by atoms with Gasteiger partial charge in [0.15, 0.2) is 0 Å². The van der Waals surface area contributed by atoms with Gasteiger partial charge in [0, 0.05) is 24.6 Å². The van der Waals surface area contributed by atoms with Gasteiger partial charge in [-0.05, 0) is 38.0 Å². The van der Waals surface area contributed by atoms with Crippen LogP contribution in [0.25, 0.3) is 0 Å². The van der Waals surface area contributed by atoms with Crippen LogP contribution in [0.4, 0.5) is 11.8 Å². The Kier molecular flexibility index (Phi) is 6.91. The van der Waals surface area contributed by atoms with Crippen molar-refractivity contribution in [1.29, 1.82) is 5.26 Å². The SMILES string of the molecule is CCOC(=O)C1CCN(c2nc3c(c(=O)[nH]2)C(c2cc(OC)ccc2OC)C(C#N)C(=O)N3)CC1. The molecule has 1 aromatic heterocycles. The van der Waals surface area contributed by atoms with Crippen molar-refractivity contribution < 1.29 is 23.8 Å². The van der Waals surface area contributed by atoms with Crippen molar-refractivity contribution in [3.8, 4) is 17.6 Å². The van der Waals surface area contributed by atoms with Crippen molar-refractivity contribution in [3.05, 3.63) is 39.7 Å². The molecule has 2 N–H and O–H groups in total. The average Bonchev–Trinajstić information content (AvgIpc) is 2.87. The van der Waals surface area contributed by atoms with E-state index < -0.39 is 23.3 Å². The first kappa shape index (κ1) is 24.1. The van der Waals surface area contributed by atoms with Crippen LogP contribution in [0.15, 0.2) is 23.0 Å². The molecule has 3 heterocycles. The summed E-state index contributed by atoms with van der Waals surface area (Å²) >= 11 is 0. The first-order chi connectivity index (χ1) is 16.9. The molecule has 0 radical (unpaired) electrons. The predicted molar refractivity (Wildman–Crippen MR) is 126 cm³/mol. The summed E-state index contributed by atoms with van der Waals surface area (Å²) in [7, 11) is 2.97. The zero-order valence-corrected chi connectivity index (χ0v) is 19.8. The summed E-state index contributed by atoms with van der Waals surface area (Å²) in [6.07, 6.45) is 1.12. The summed E-state index contributed by atoms with van der Waals surface area (Å²) in [6, 6.07) is 7.03. The van der Waals surface area contributed by atoms with Gasteiger partial charge in [0.1, 0.15) is 23.2 Å². The molecule has 11 heteroatoms. The molecule has 0 aliphatic carbocycles. The molecular weight excluding hydrogens is 454 g/mol. The number of aromatic nitrogens is 2. The lowest BCUT2D eigenvalue weighted by molar-refractivity contribution is -0.148. The smallest absolute Gasteiger partial charge is 0.309 e. The maximum absolute atomic E-state index is 13.4. The van der Waals surface area contributed by atoms with E-state index in [-0.39, 0.29) is 23.3 Å². The zero-order chi connectivity index (χ0) is 25.1. The van der Waals surface area contributed by atoms with Crippen molar-refractivity contribution in [2.45, 2.75) is 25.7 Å². The van der Waals surface area contributed by atoms with E-state index in [1.165, 1.54) is 14.2 Å². The maximum atomic E-state index is 13.4. The van der Waals surface area contributed by atoms with Crippen LogP contribution in [-0.2, 0) is 14.3 Å². The number of hydrogen-bond donors (Lipinski definition) is 2. The number of carbonyl (C=O) groups is 2. The maximum Gasteiger partial charge on any atom is 0.309 e. The number of ether oxygens (including phenoxy) is 3. The molecule has 11 nitrogen and oxygen atoms in total. The second-order valence-electron chi connectivity index (χ2n) is 8.35. The third-order valence-corrected chi connectivity index (χ3v) is 6.44. The fraction of sp³-hybridized carbons (Fsp3) is 0.458. The van der Waals surface area contributed by atoms with Crippen LogP contribution in [-0.4, -0.2) is 55.8 Å². The number of nitrogens with zero attached hydrogens (tertiary/aromatic N) is 3. The Labute approximate surface area is 202 Å². The third kappa shape index (κ3) is 4.51. The number of fused-ring (bicyclic) bond motifs is 1. The Morgan fingerprint density at radius 1 is 1.23 bits per heavy atom. The molecule has 0 bridgehead atoms. The third-order valence-electron chi connectivity index (χ3n) is 6.44. The lowest BCUT2D eigenvalue weighted by atomic mass is 9.78. The highest BCUT2D eigenvalue weighted by molar-refractivity contribution is 5.98. The van der Waals surface area contributed by atoms with Crippen LogP contribution in [0, 0.1) is 23.2 Å². The fourth-order valence-electron chi connectivity index (χ4n) is 4.65. The van der Waals surface area contributed by atoms with Gasteiger partial charge in [0.05, 0.1) is 38.4 Å². The predicted octanol–water partition coefficient (Wildman–Crippen LogP) is 1.79. The van der Waals surface area contributed by atoms with Gasteiger partial charge in [-0.25, -0.2) is 0 Å². The minimum Gasteiger partial charge on any atom is -0.497 e. The molecule has 4 rings (SSSR count). The van der Waals surface area contributed by atoms with E-state index in [2.05, 4.69) is 15.3 Å². The van der Waals surface area contributed by atoms with E-state index in [1.54, 1.807) is 25.1 Å². The van der Waals surface area contributed by atoms with Crippen molar-refractivity contribution >= 4 is 23.6 Å². The summed E-state index contributed by atoms with van der Waals surface area (Å²) in [6.45, 7) is 3.09. The minimum absolute atomic E-state index is 0.0997. The Bertz CT molecular complexity index is 1230. The van der Waals surface area contributed by atoms with Crippen LogP contribution in [0.2, 0.25) is 0 Å². The molecular formula is C24H27N5O6. The van der Waals surface area contributed by atoms with E-state index >= 15 is 0 Å². The Balaban J connectivity index is 1.72. The monoisotopic (exact) mass is 481 g/mol. The highest BCUT2D eigenvalue weighted by Crippen LogP contribution is 2.43. The van der Waals surface area contributed by atoms with Gasteiger partial charge >= 0.3 is 5.97 Å². The van der Waals surface area contributed by atoms with Gasteiger partial charge in [-0.2, -0.15) is 10.2 Å². The van der Waals surface area contributed by atoms with E-state index in [0.717, 1.165) is 0 Å². The molecule has 1 aromatic carbocycles. The number of methoxy groups -OCH3 is 2. The van der Waals surface area contributed by atoms with Crippen molar-refractivity contribution in [1.82, 2.24) is 9.97 Å². The molecule has 2 atom stereocenters. The molecule has 184 valence electrons. The number of rotatable bonds is 6. The summed E-state index contributed by atoms with van der Waals surface area (Å²) < 4.78 is 15.9. The first-order valence-electron chi connectivity index (χ1n) is 11.4. The summed E-state index contributed by atoms with van der Waals surface area (Å²) in [5.74, 6) is -1.74. The summed E-state index contributed by atoms with van der Waals surface area (Å²) in [5, 5.41) is 12.4. The van der Waals surface area contributed by atoms with Gasteiger partial charge in [-0.1, -0.05) is 0 Å². The Morgan fingerprint density at radius 2 is 1.97 bits per heavy atom. The van der Waals surface area contributed by atoms with Gasteiger partial charge < -0.3 is 24.4 Å². The fourth-order valence-corrected chi connectivity index (χ4v) is 4.65. The minimum atomic E-state index is -1.17. The van der Waals surface area contributed by atoms with Gasteiger partial charge in [0.2, 0.25) is 11.9 Å². The Morgan fingerprint density at radius 3 is 2.60 bits per heavy atom. The molecule has 0 spiro atoms. The number of benzene rings is 1. The first-order valence-corrected chi connectivity index (χ1v) is 11.4. The van der Waals surface area contributed by atoms with E-state index in [4.69, 9.17) is 14.2 Å². The number of piperidine rings is 1. The number of nitrogens with one attached hydrogen (secondary N) is 2. The van der Waals surface area contributed by atoms with E-state index in [0.29, 0.717) is 55.5 Å². The molecule has 2 unspecified atom stereocenters.